The van der Waals surface area contributed by atoms with E-state index in [9.17, 15) is 4.79 Å². The van der Waals surface area contributed by atoms with E-state index in [1.807, 2.05) is 17.5 Å². The number of aromatic carboxylic acids is 1. The highest BCUT2D eigenvalue weighted by Gasteiger charge is 2.18. The van der Waals surface area contributed by atoms with E-state index in [1.165, 1.54) is 0 Å². The number of fused-ring (bicyclic) bond motifs is 1. The molecular formula is C13H15N3O3. The Morgan fingerprint density at radius 1 is 1.37 bits per heavy atom. The highest BCUT2D eigenvalue weighted by molar-refractivity contribution is 5.91. The Bertz CT molecular complexity index is 629. The molecule has 19 heavy (non-hydrogen) atoms. The highest BCUT2D eigenvalue weighted by Crippen LogP contribution is 2.23. The van der Waals surface area contributed by atoms with E-state index in [0.29, 0.717) is 13.2 Å². The zero-order valence-corrected chi connectivity index (χ0v) is 10.7. The fraction of sp³-hybridized carbons (Fsp3) is 0.385. The molecule has 1 fully saturated rings. The maximum atomic E-state index is 11.1. The molecule has 6 heteroatoms. The van der Waals surface area contributed by atoms with E-state index in [2.05, 4.69) is 9.88 Å². The maximum Gasteiger partial charge on any atom is 0.337 e. The number of aryl methyl sites for hydroxylation is 1. The molecule has 0 aromatic carbocycles. The lowest BCUT2D eigenvalue weighted by Gasteiger charge is -2.28. The summed E-state index contributed by atoms with van der Waals surface area (Å²) in [6.45, 7) is 4.81. The van der Waals surface area contributed by atoms with Crippen LogP contribution >= 0.6 is 0 Å². The third-order valence-corrected chi connectivity index (χ3v) is 3.24. The Hall–Kier alpha value is -2.08. The van der Waals surface area contributed by atoms with Gasteiger partial charge in [-0.05, 0) is 13.0 Å². The fourth-order valence-electron chi connectivity index (χ4n) is 2.34. The predicted octanol–water partition coefficient (Wildman–Crippen LogP) is 1.18. The Labute approximate surface area is 110 Å². The minimum Gasteiger partial charge on any atom is -0.478 e. The Balaban J connectivity index is 2.13. The molecule has 6 nitrogen and oxygen atoms in total. The number of carbonyl (C=O) groups is 1. The SMILES string of the molecule is Cc1cn2cc(C(=O)O)cc2c(N2CCOCC2)n1. The molecule has 1 aliphatic rings. The van der Waals surface area contributed by atoms with Crippen LogP contribution in [-0.2, 0) is 4.74 Å². The van der Waals surface area contributed by atoms with Gasteiger partial charge in [-0.1, -0.05) is 0 Å². The number of anilines is 1. The molecule has 0 radical (unpaired) electrons. The van der Waals surface area contributed by atoms with Crippen LogP contribution in [0, 0.1) is 6.92 Å². The molecule has 0 unspecified atom stereocenters. The number of hydrogen-bond acceptors (Lipinski definition) is 4. The zero-order valence-electron chi connectivity index (χ0n) is 10.7. The molecule has 1 N–H and O–H groups in total. The molecule has 100 valence electrons. The van der Waals surface area contributed by atoms with Crippen molar-refractivity contribution < 1.29 is 14.6 Å². The highest BCUT2D eigenvalue weighted by atomic mass is 16.5. The smallest absolute Gasteiger partial charge is 0.337 e. The molecule has 2 aromatic heterocycles. The summed E-state index contributed by atoms with van der Waals surface area (Å²) in [5.74, 6) is -0.0925. The Kier molecular flexibility index (Phi) is 2.87. The van der Waals surface area contributed by atoms with E-state index in [0.717, 1.165) is 30.1 Å². The van der Waals surface area contributed by atoms with Crippen LogP contribution in [0.25, 0.3) is 5.52 Å². The van der Waals surface area contributed by atoms with E-state index in [1.54, 1.807) is 12.3 Å². The van der Waals surface area contributed by atoms with Crippen molar-refractivity contribution in [2.24, 2.45) is 0 Å². The first kappa shape index (κ1) is 12.0. The summed E-state index contributed by atoms with van der Waals surface area (Å²) in [6.07, 6.45) is 3.46. The van der Waals surface area contributed by atoms with Gasteiger partial charge in [-0.3, -0.25) is 0 Å². The lowest BCUT2D eigenvalue weighted by Crippen LogP contribution is -2.37. The van der Waals surface area contributed by atoms with Gasteiger partial charge in [0.2, 0.25) is 0 Å². The van der Waals surface area contributed by atoms with Crippen molar-refractivity contribution in [1.82, 2.24) is 9.38 Å². The first-order valence-electron chi connectivity index (χ1n) is 6.20. The van der Waals surface area contributed by atoms with Crippen LogP contribution < -0.4 is 4.90 Å². The summed E-state index contributed by atoms with van der Waals surface area (Å²) >= 11 is 0. The first-order chi connectivity index (χ1) is 9.15. The number of carboxylic acids is 1. The van der Waals surface area contributed by atoms with Crippen molar-refractivity contribution in [3.63, 3.8) is 0 Å². The van der Waals surface area contributed by atoms with E-state index >= 15 is 0 Å². The lowest BCUT2D eigenvalue weighted by molar-refractivity contribution is 0.0697. The summed E-state index contributed by atoms with van der Waals surface area (Å²) in [4.78, 5) is 17.8. The normalized spacial score (nSPS) is 15.9. The number of carboxylic acid groups (broad SMARTS) is 1. The third-order valence-electron chi connectivity index (χ3n) is 3.24. The number of aromatic nitrogens is 2. The average Bonchev–Trinajstić information content (AvgIpc) is 2.82. The van der Waals surface area contributed by atoms with Gasteiger partial charge in [0, 0.05) is 25.5 Å². The molecule has 1 aliphatic heterocycles. The summed E-state index contributed by atoms with van der Waals surface area (Å²) in [5, 5.41) is 9.09. The third kappa shape index (κ3) is 2.15. The Morgan fingerprint density at radius 3 is 2.79 bits per heavy atom. The quantitative estimate of drug-likeness (QED) is 0.879. The van der Waals surface area contributed by atoms with Crippen LogP contribution in [0.2, 0.25) is 0 Å². The van der Waals surface area contributed by atoms with E-state index < -0.39 is 5.97 Å². The lowest BCUT2D eigenvalue weighted by atomic mass is 10.3. The largest absolute Gasteiger partial charge is 0.478 e. The molecule has 0 amide bonds. The van der Waals surface area contributed by atoms with Crippen molar-refractivity contribution in [3.05, 3.63) is 29.7 Å². The fourth-order valence-corrected chi connectivity index (χ4v) is 2.34. The van der Waals surface area contributed by atoms with Gasteiger partial charge in [-0.15, -0.1) is 0 Å². The average molecular weight is 261 g/mol. The molecule has 0 saturated carbocycles. The van der Waals surface area contributed by atoms with Crippen LogP contribution in [0.3, 0.4) is 0 Å². The molecule has 0 bridgehead atoms. The van der Waals surface area contributed by atoms with Crippen molar-refractivity contribution in [2.45, 2.75) is 6.92 Å². The topological polar surface area (TPSA) is 67.1 Å². The van der Waals surface area contributed by atoms with Gasteiger partial charge < -0.3 is 19.1 Å². The second-order valence-electron chi connectivity index (χ2n) is 4.63. The van der Waals surface area contributed by atoms with Crippen LogP contribution in [-0.4, -0.2) is 46.8 Å². The first-order valence-corrected chi connectivity index (χ1v) is 6.20. The van der Waals surface area contributed by atoms with Gasteiger partial charge in [-0.25, -0.2) is 9.78 Å². The van der Waals surface area contributed by atoms with Crippen molar-refractivity contribution >= 4 is 17.3 Å². The van der Waals surface area contributed by atoms with E-state index in [4.69, 9.17) is 9.84 Å². The van der Waals surface area contributed by atoms with Crippen LogP contribution in [0.5, 0.6) is 0 Å². The van der Waals surface area contributed by atoms with Gasteiger partial charge in [-0.2, -0.15) is 0 Å². The summed E-state index contributed by atoms with van der Waals surface area (Å²) < 4.78 is 7.17. The molecule has 1 saturated heterocycles. The van der Waals surface area contributed by atoms with Crippen LogP contribution in [0.4, 0.5) is 5.82 Å². The van der Waals surface area contributed by atoms with Gasteiger partial charge in [0.15, 0.2) is 5.82 Å². The van der Waals surface area contributed by atoms with Crippen molar-refractivity contribution in [3.8, 4) is 0 Å². The molecular weight excluding hydrogens is 246 g/mol. The standard InChI is InChI=1S/C13H15N3O3/c1-9-7-16-8-10(13(17)18)6-11(16)12(14-9)15-2-4-19-5-3-15/h6-8H,2-5H2,1H3,(H,17,18). The number of nitrogens with zero attached hydrogens (tertiary/aromatic N) is 3. The van der Waals surface area contributed by atoms with Crippen molar-refractivity contribution in [2.75, 3.05) is 31.2 Å². The second kappa shape index (κ2) is 4.55. The second-order valence-corrected chi connectivity index (χ2v) is 4.63. The van der Waals surface area contributed by atoms with Gasteiger partial charge in [0.1, 0.15) is 0 Å². The summed E-state index contributed by atoms with van der Waals surface area (Å²) in [6, 6.07) is 1.67. The molecule has 3 heterocycles. The zero-order chi connectivity index (χ0) is 13.4. The van der Waals surface area contributed by atoms with Crippen LogP contribution in [0.1, 0.15) is 16.1 Å². The minimum atomic E-state index is -0.922. The molecule has 0 spiro atoms. The predicted molar refractivity (Wildman–Crippen MR) is 69.9 cm³/mol. The minimum absolute atomic E-state index is 0.280. The number of hydrogen-bond donors (Lipinski definition) is 1. The van der Waals surface area contributed by atoms with E-state index in [-0.39, 0.29) is 5.56 Å². The molecule has 3 rings (SSSR count). The molecule has 0 aliphatic carbocycles. The van der Waals surface area contributed by atoms with Gasteiger partial charge >= 0.3 is 5.97 Å². The monoisotopic (exact) mass is 261 g/mol. The van der Waals surface area contributed by atoms with Gasteiger partial charge in [0.25, 0.3) is 0 Å². The Morgan fingerprint density at radius 2 is 2.11 bits per heavy atom. The molecule has 2 aromatic rings. The maximum absolute atomic E-state index is 11.1. The number of ether oxygens (including phenoxy) is 1. The van der Waals surface area contributed by atoms with Gasteiger partial charge in [0.05, 0.1) is 30.0 Å². The summed E-state index contributed by atoms with van der Waals surface area (Å²) in [7, 11) is 0. The number of rotatable bonds is 2. The van der Waals surface area contributed by atoms with Crippen molar-refractivity contribution in [1.29, 1.82) is 0 Å². The number of morpholine rings is 1. The molecule has 0 atom stereocenters. The summed E-state index contributed by atoms with van der Waals surface area (Å²) in [5.41, 5.74) is 1.97. The van der Waals surface area contributed by atoms with Crippen LogP contribution in [0.15, 0.2) is 18.5 Å².